The quantitative estimate of drug-likeness (QED) is 0.286. The van der Waals surface area contributed by atoms with E-state index in [4.69, 9.17) is 26.8 Å². The number of hydroxylamine groups is 1. The third kappa shape index (κ3) is 6.11. The summed E-state index contributed by atoms with van der Waals surface area (Å²) in [5, 5.41) is 10.5. The number of ether oxygens (including phenoxy) is 2. The van der Waals surface area contributed by atoms with E-state index in [1.807, 2.05) is 0 Å². The first kappa shape index (κ1) is 26.9. The van der Waals surface area contributed by atoms with E-state index in [9.17, 15) is 23.2 Å². The van der Waals surface area contributed by atoms with Crippen molar-refractivity contribution in [1.29, 1.82) is 0 Å². The molecule has 3 rings (SSSR count). The SMILES string of the molecule is CNC(=O)[C@@H](CC(N)(C(=O)NO)C1CCOCC1)S(=O)(=O)c1ccc(Oc2ccc(Cl)cc2)cc1. The van der Waals surface area contributed by atoms with E-state index in [-0.39, 0.29) is 4.90 Å². The maximum atomic E-state index is 13.5. The number of carbonyl (C=O) groups excluding carboxylic acids is 2. The Labute approximate surface area is 208 Å². The molecule has 190 valence electrons. The zero-order valence-electron chi connectivity index (χ0n) is 19.1. The van der Waals surface area contributed by atoms with E-state index in [0.29, 0.717) is 42.6 Å². The van der Waals surface area contributed by atoms with Crippen molar-refractivity contribution in [2.24, 2.45) is 11.7 Å². The Hall–Kier alpha value is -2.70. The van der Waals surface area contributed by atoms with Gasteiger partial charge >= 0.3 is 0 Å². The van der Waals surface area contributed by atoms with Gasteiger partial charge in [0.05, 0.1) is 4.90 Å². The molecular weight excluding hydrogens is 498 g/mol. The Balaban J connectivity index is 1.90. The van der Waals surface area contributed by atoms with Crippen LogP contribution in [0.4, 0.5) is 0 Å². The van der Waals surface area contributed by atoms with Crippen LogP contribution < -0.4 is 21.3 Å². The van der Waals surface area contributed by atoms with Crippen LogP contribution in [0.5, 0.6) is 11.5 Å². The van der Waals surface area contributed by atoms with Crippen molar-refractivity contribution < 1.29 is 32.7 Å². The summed E-state index contributed by atoms with van der Waals surface area (Å²) in [6.07, 6.45) is 0.220. The topological polar surface area (TPSA) is 157 Å². The molecule has 1 unspecified atom stereocenters. The number of amides is 2. The molecule has 10 nitrogen and oxygen atoms in total. The van der Waals surface area contributed by atoms with Gasteiger partial charge in [-0.3, -0.25) is 14.8 Å². The van der Waals surface area contributed by atoms with Crippen molar-refractivity contribution in [3.05, 3.63) is 53.6 Å². The summed E-state index contributed by atoms with van der Waals surface area (Å²) in [5.74, 6) is -1.40. The number of benzene rings is 2. The van der Waals surface area contributed by atoms with Gasteiger partial charge in [-0.25, -0.2) is 13.9 Å². The smallest absolute Gasteiger partial charge is 0.263 e. The Bertz CT molecular complexity index is 1140. The fourth-order valence-corrected chi connectivity index (χ4v) is 5.94. The molecule has 0 aliphatic carbocycles. The molecule has 0 spiro atoms. The molecule has 1 aliphatic heterocycles. The molecule has 0 aromatic heterocycles. The lowest BCUT2D eigenvalue weighted by Crippen LogP contribution is -2.62. The highest BCUT2D eigenvalue weighted by molar-refractivity contribution is 7.92. The van der Waals surface area contributed by atoms with Crippen molar-refractivity contribution in [3.8, 4) is 11.5 Å². The summed E-state index contributed by atoms with van der Waals surface area (Å²) in [6, 6.07) is 12.2. The first-order valence-electron chi connectivity index (χ1n) is 10.9. The zero-order chi connectivity index (χ0) is 25.6. The van der Waals surface area contributed by atoms with Gasteiger partial charge in [0.15, 0.2) is 9.84 Å². The van der Waals surface area contributed by atoms with Crippen LogP contribution in [0.15, 0.2) is 53.4 Å². The third-order valence-electron chi connectivity index (χ3n) is 6.11. The van der Waals surface area contributed by atoms with Crippen LogP contribution in [0.1, 0.15) is 19.3 Å². The minimum absolute atomic E-state index is 0.145. The molecular formula is C23H28ClN3O7S. The van der Waals surface area contributed by atoms with E-state index in [0.717, 1.165) is 0 Å². The Kier molecular flexibility index (Phi) is 8.73. The number of nitrogens with one attached hydrogen (secondary N) is 2. The van der Waals surface area contributed by atoms with Crippen LogP contribution in [-0.4, -0.2) is 56.5 Å². The summed E-state index contributed by atoms with van der Waals surface area (Å²) in [4.78, 5) is 25.2. The number of sulfone groups is 1. The van der Waals surface area contributed by atoms with Crippen LogP contribution in [-0.2, 0) is 24.2 Å². The van der Waals surface area contributed by atoms with E-state index >= 15 is 0 Å². The van der Waals surface area contributed by atoms with Gasteiger partial charge in [0.25, 0.3) is 5.91 Å². The van der Waals surface area contributed by atoms with Gasteiger partial charge in [-0.15, -0.1) is 0 Å². The van der Waals surface area contributed by atoms with Crippen molar-refractivity contribution in [2.75, 3.05) is 20.3 Å². The van der Waals surface area contributed by atoms with Gasteiger partial charge in [-0.1, -0.05) is 11.6 Å². The summed E-state index contributed by atoms with van der Waals surface area (Å²) in [7, 11) is -2.98. The number of nitrogens with two attached hydrogens (primary N) is 1. The van der Waals surface area contributed by atoms with Crippen LogP contribution >= 0.6 is 11.6 Å². The maximum Gasteiger partial charge on any atom is 0.263 e. The molecule has 0 saturated carbocycles. The fraction of sp³-hybridized carbons (Fsp3) is 0.391. The monoisotopic (exact) mass is 525 g/mol. The molecule has 0 bridgehead atoms. The number of carbonyl (C=O) groups is 2. The second-order valence-corrected chi connectivity index (χ2v) is 10.8. The maximum absolute atomic E-state index is 13.5. The predicted molar refractivity (Wildman–Crippen MR) is 128 cm³/mol. The van der Waals surface area contributed by atoms with E-state index < -0.39 is 44.8 Å². The highest BCUT2D eigenvalue weighted by Crippen LogP contribution is 2.33. The average molecular weight is 526 g/mol. The molecule has 5 N–H and O–H groups in total. The molecule has 12 heteroatoms. The molecule has 1 aliphatic rings. The minimum atomic E-state index is -4.28. The number of rotatable bonds is 9. The highest BCUT2D eigenvalue weighted by atomic mass is 35.5. The lowest BCUT2D eigenvalue weighted by Gasteiger charge is -2.39. The molecule has 35 heavy (non-hydrogen) atoms. The minimum Gasteiger partial charge on any atom is -0.457 e. The number of halogens is 1. The molecule has 1 saturated heterocycles. The van der Waals surface area contributed by atoms with Crippen molar-refractivity contribution >= 4 is 33.3 Å². The van der Waals surface area contributed by atoms with E-state index in [1.165, 1.54) is 36.8 Å². The molecule has 2 aromatic carbocycles. The Morgan fingerprint density at radius 2 is 1.69 bits per heavy atom. The second kappa shape index (κ2) is 11.4. The van der Waals surface area contributed by atoms with Crippen molar-refractivity contribution in [1.82, 2.24) is 10.8 Å². The van der Waals surface area contributed by atoms with Crippen LogP contribution in [0.25, 0.3) is 0 Å². The molecule has 2 atom stereocenters. The Morgan fingerprint density at radius 1 is 1.14 bits per heavy atom. The molecule has 1 heterocycles. The second-order valence-electron chi connectivity index (χ2n) is 8.25. The summed E-state index contributed by atoms with van der Waals surface area (Å²) in [5.41, 5.74) is 6.13. The molecule has 0 radical (unpaired) electrons. The Morgan fingerprint density at radius 3 is 2.20 bits per heavy atom. The van der Waals surface area contributed by atoms with Gasteiger partial charge in [-0.2, -0.15) is 0 Å². The van der Waals surface area contributed by atoms with Crippen molar-refractivity contribution in [3.63, 3.8) is 0 Å². The van der Waals surface area contributed by atoms with Crippen LogP contribution in [0.3, 0.4) is 0 Å². The molecule has 2 amide bonds. The number of hydrogen-bond acceptors (Lipinski definition) is 8. The lowest BCUT2D eigenvalue weighted by molar-refractivity contribution is -0.139. The van der Waals surface area contributed by atoms with Gasteiger partial charge in [0, 0.05) is 31.7 Å². The average Bonchev–Trinajstić information content (AvgIpc) is 2.88. The van der Waals surface area contributed by atoms with Crippen LogP contribution in [0, 0.1) is 5.92 Å². The van der Waals surface area contributed by atoms with Gasteiger partial charge in [0.2, 0.25) is 5.91 Å². The summed E-state index contributed by atoms with van der Waals surface area (Å²) < 4.78 is 38.0. The number of hydrogen-bond donors (Lipinski definition) is 4. The van der Waals surface area contributed by atoms with E-state index in [2.05, 4.69) is 5.32 Å². The van der Waals surface area contributed by atoms with Gasteiger partial charge in [-0.05, 0) is 67.3 Å². The van der Waals surface area contributed by atoms with Crippen molar-refractivity contribution in [2.45, 2.75) is 34.9 Å². The highest BCUT2D eigenvalue weighted by Gasteiger charge is 2.49. The summed E-state index contributed by atoms with van der Waals surface area (Å²) in [6.45, 7) is 0.656. The zero-order valence-corrected chi connectivity index (χ0v) is 20.6. The lowest BCUT2D eigenvalue weighted by atomic mass is 9.76. The largest absolute Gasteiger partial charge is 0.457 e. The predicted octanol–water partition coefficient (Wildman–Crippen LogP) is 2.04. The van der Waals surface area contributed by atoms with Gasteiger partial charge in [0.1, 0.15) is 22.3 Å². The first-order valence-corrected chi connectivity index (χ1v) is 12.8. The van der Waals surface area contributed by atoms with Gasteiger partial charge < -0.3 is 20.5 Å². The molecule has 1 fully saturated rings. The molecule has 2 aromatic rings. The first-order chi connectivity index (χ1) is 16.6. The normalized spacial score (nSPS) is 17.1. The standard InChI is InChI=1S/C23H28ClN3O7S/c1-26-21(28)20(14-23(25,22(29)27-30)15-10-12-33-13-11-15)35(31,32)19-8-6-18(7-9-19)34-17-4-2-16(24)3-5-17/h2-9,15,20,30H,10-14,25H2,1H3,(H,26,28)(H,27,29)/t20-,23?/m1/s1. The van der Waals surface area contributed by atoms with E-state index in [1.54, 1.807) is 24.3 Å². The fourth-order valence-electron chi connectivity index (χ4n) is 4.07. The van der Waals surface area contributed by atoms with Crippen LogP contribution in [0.2, 0.25) is 5.02 Å². The summed E-state index contributed by atoms with van der Waals surface area (Å²) >= 11 is 5.87. The third-order valence-corrected chi connectivity index (χ3v) is 8.42.